The Morgan fingerprint density at radius 3 is 2.42 bits per heavy atom. The van der Waals surface area contributed by atoms with Gasteiger partial charge in [-0.15, -0.1) is 11.3 Å². The number of amides is 2. The van der Waals surface area contributed by atoms with Crippen LogP contribution in [0, 0.1) is 20.8 Å². The second kappa shape index (κ2) is 7.57. The summed E-state index contributed by atoms with van der Waals surface area (Å²) in [5.74, 6) is -0.371. The molecule has 24 heavy (non-hydrogen) atoms. The van der Waals surface area contributed by atoms with Gasteiger partial charge in [-0.05, 0) is 46.2 Å². The molecule has 0 saturated carbocycles. The highest BCUT2D eigenvalue weighted by Gasteiger charge is 2.23. The van der Waals surface area contributed by atoms with Crippen molar-refractivity contribution < 1.29 is 9.59 Å². The summed E-state index contributed by atoms with van der Waals surface area (Å²) in [5, 5.41) is 3.36. The molecule has 1 heterocycles. The predicted octanol–water partition coefficient (Wildman–Crippen LogP) is 3.56. The van der Waals surface area contributed by atoms with Crippen molar-refractivity contribution in [2.75, 3.05) is 11.9 Å². The molecule has 0 spiro atoms. The van der Waals surface area contributed by atoms with Crippen LogP contribution in [-0.4, -0.2) is 34.3 Å². The first kappa shape index (κ1) is 18.1. The summed E-state index contributed by atoms with van der Waals surface area (Å²) in [4.78, 5) is 32.1. The molecule has 0 unspecified atom stereocenters. The molecular formula is C18H23N3O2S. The van der Waals surface area contributed by atoms with Crippen LogP contribution in [-0.2, 0) is 4.79 Å². The molecule has 2 aromatic rings. The molecule has 0 aliphatic rings. The van der Waals surface area contributed by atoms with Crippen molar-refractivity contribution in [3.8, 4) is 0 Å². The monoisotopic (exact) mass is 345 g/mol. The van der Waals surface area contributed by atoms with E-state index >= 15 is 0 Å². The summed E-state index contributed by atoms with van der Waals surface area (Å²) in [6.45, 7) is 9.58. The van der Waals surface area contributed by atoms with Crippen molar-refractivity contribution in [2.45, 2.75) is 40.7 Å². The Bertz CT molecular complexity index is 733. The fraction of sp³-hybridized carbons (Fsp3) is 0.389. The summed E-state index contributed by atoms with van der Waals surface area (Å²) in [7, 11) is 0. The maximum atomic E-state index is 12.8. The van der Waals surface area contributed by atoms with Gasteiger partial charge in [0.1, 0.15) is 6.54 Å². The van der Waals surface area contributed by atoms with E-state index in [1.165, 1.54) is 11.3 Å². The average molecular weight is 345 g/mol. The number of benzene rings is 1. The number of nitrogens with one attached hydrogen (secondary N) is 1. The van der Waals surface area contributed by atoms with Gasteiger partial charge < -0.3 is 10.2 Å². The molecule has 1 aromatic carbocycles. The number of hydrogen-bond acceptors (Lipinski definition) is 4. The summed E-state index contributed by atoms with van der Waals surface area (Å²) >= 11 is 1.44. The fourth-order valence-electron chi connectivity index (χ4n) is 2.30. The van der Waals surface area contributed by atoms with Gasteiger partial charge in [0.25, 0.3) is 5.91 Å². The second-order valence-electron chi connectivity index (χ2n) is 6.05. The van der Waals surface area contributed by atoms with Crippen molar-refractivity contribution in [3.05, 3.63) is 46.0 Å². The Morgan fingerprint density at radius 1 is 1.21 bits per heavy atom. The van der Waals surface area contributed by atoms with Gasteiger partial charge in [-0.25, -0.2) is 4.98 Å². The van der Waals surface area contributed by atoms with Gasteiger partial charge in [-0.3, -0.25) is 9.59 Å². The zero-order valence-corrected chi connectivity index (χ0v) is 15.5. The molecule has 0 radical (unpaired) electrons. The number of hydrogen-bond donors (Lipinski definition) is 1. The molecule has 1 N–H and O–H groups in total. The van der Waals surface area contributed by atoms with Gasteiger partial charge in [0.15, 0.2) is 5.13 Å². The summed E-state index contributed by atoms with van der Waals surface area (Å²) < 4.78 is 0. The molecule has 0 aliphatic carbocycles. The van der Waals surface area contributed by atoms with Crippen LogP contribution in [0.15, 0.2) is 24.3 Å². The highest BCUT2D eigenvalue weighted by molar-refractivity contribution is 7.15. The number of rotatable bonds is 5. The molecule has 0 atom stereocenters. The standard InChI is InChI=1S/C18H23N3O2S/c1-11(2)21(17(23)15-9-7-6-8-12(15)3)10-16(22)20-18-19-13(4)14(5)24-18/h6-9,11H,10H2,1-5H3,(H,19,20,22). The highest BCUT2D eigenvalue weighted by atomic mass is 32.1. The number of carbonyl (C=O) groups excluding carboxylic acids is 2. The van der Waals surface area contributed by atoms with E-state index in [1.54, 1.807) is 11.0 Å². The molecular weight excluding hydrogens is 322 g/mol. The van der Waals surface area contributed by atoms with Gasteiger partial charge in [0, 0.05) is 16.5 Å². The van der Waals surface area contributed by atoms with Gasteiger partial charge in [-0.1, -0.05) is 18.2 Å². The first-order valence-electron chi connectivity index (χ1n) is 7.90. The number of thiazole rings is 1. The van der Waals surface area contributed by atoms with E-state index < -0.39 is 0 Å². The van der Waals surface area contributed by atoms with Crippen molar-refractivity contribution in [1.29, 1.82) is 0 Å². The quantitative estimate of drug-likeness (QED) is 0.901. The van der Waals surface area contributed by atoms with Crippen LogP contribution >= 0.6 is 11.3 Å². The van der Waals surface area contributed by atoms with Crippen LogP contribution in [0.3, 0.4) is 0 Å². The maximum Gasteiger partial charge on any atom is 0.254 e. The topological polar surface area (TPSA) is 62.3 Å². The third kappa shape index (κ3) is 4.20. The lowest BCUT2D eigenvalue weighted by molar-refractivity contribution is -0.117. The first-order valence-corrected chi connectivity index (χ1v) is 8.71. The van der Waals surface area contributed by atoms with Crippen molar-refractivity contribution in [1.82, 2.24) is 9.88 Å². The van der Waals surface area contributed by atoms with Crippen LogP contribution in [0.4, 0.5) is 5.13 Å². The Kier molecular flexibility index (Phi) is 5.72. The lowest BCUT2D eigenvalue weighted by atomic mass is 10.1. The molecule has 128 valence electrons. The van der Waals surface area contributed by atoms with Crippen LogP contribution in [0.1, 0.15) is 40.3 Å². The molecule has 0 fully saturated rings. The molecule has 2 rings (SSSR count). The van der Waals surface area contributed by atoms with Gasteiger partial charge in [0.05, 0.1) is 5.69 Å². The van der Waals surface area contributed by atoms with E-state index in [1.807, 2.05) is 52.8 Å². The molecule has 5 nitrogen and oxygen atoms in total. The lowest BCUT2D eigenvalue weighted by Gasteiger charge is -2.26. The molecule has 0 aliphatic heterocycles. The van der Waals surface area contributed by atoms with Gasteiger partial charge >= 0.3 is 0 Å². The Balaban J connectivity index is 2.12. The third-order valence-corrected chi connectivity index (χ3v) is 4.84. The lowest BCUT2D eigenvalue weighted by Crippen LogP contribution is -2.42. The van der Waals surface area contributed by atoms with Crippen LogP contribution in [0.2, 0.25) is 0 Å². The van der Waals surface area contributed by atoms with E-state index in [4.69, 9.17) is 0 Å². The average Bonchev–Trinajstić information content (AvgIpc) is 2.82. The Labute approximate surface area is 146 Å². The maximum absolute atomic E-state index is 12.8. The number of anilines is 1. The van der Waals surface area contributed by atoms with Crippen LogP contribution in [0.5, 0.6) is 0 Å². The zero-order valence-electron chi connectivity index (χ0n) is 14.7. The van der Waals surface area contributed by atoms with E-state index in [9.17, 15) is 9.59 Å². The Morgan fingerprint density at radius 2 is 1.88 bits per heavy atom. The largest absolute Gasteiger partial charge is 0.327 e. The zero-order chi connectivity index (χ0) is 17.9. The van der Waals surface area contributed by atoms with Crippen LogP contribution < -0.4 is 5.32 Å². The molecule has 6 heteroatoms. The smallest absolute Gasteiger partial charge is 0.254 e. The molecule has 0 bridgehead atoms. The van der Waals surface area contributed by atoms with Gasteiger partial charge in [-0.2, -0.15) is 0 Å². The minimum atomic E-state index is -0.237. The normalized spacial score (nSPS) is 10.8. The van der Waals surface area contributed by atoms with E-state index in [2.05, 4.69) is 10.3 Å². The second-order valence-corrected chi connectivity index (χ2v) is 7.25. The Hall–Kier alpha value is -2.21. The van der Waals surface area contributed by atoms with Crippen LogP contribution in [0.25, 0.3) is 0 Å². The summed E-state index contributed by atoms with van der Waals surface area (Å²) in [6.07, 6.45) is 0. The molecule has 2 amide bonds. The molecule has 0 saturated heterocycles. The predicted molar refractivity (Wildman–Crippen MR) is 97.6 cm³/mol. The number of carbonyl (C=O) groups is 2. The van der Waals surface area contributed by atoms with Gasteiger partial charge in [0.2, 0.25) is 5.91 Å². The summed E-state index contributed by atoms with van der Waals surface area (Å²) in [6, 6.07) is 7.33. The number of aryl methyl sites for hydroxylation is 3. The number of aromatic nitrogens is 1. The van der Waals surface area contributed by atoms with Crippen molar-refractivity contribution >= 4 is 28.3 Å². The minimum Gasteiger partial charge on any atom is -0.327 e. The SMILES string of the molecule is Cc1ccccc1C(=O)N(CC(=O)Nc1nc(C)c(C)s1)C(C)C. The summed E-state index contributed by atoms with van der Waals surface area (Å²) in [5.41, 5.74) is 2.44. The first-order chi connectivity index (χ1) is 11.3. The number of nitrogens with zero attached hydrogens (tertiary/aromatic N) is 2. The van der Waals surface area contributed by atoms with E-state index in [0.29, 0.717) is 10.7 Å². The minimum absolute atomic E-state index is 0.00249. The van der Waals surface area contributed by atoms with E-state index in [0.717, 1.165) is 16.1 Å². The molecule has 1 aromatic heterocycles. The highest BCUT2D eigenvalue weighted by Crippen LogP contribution is 2.21. The van der Waals surface area contributed by atoms with E-state index in [-0.39, 0.29) is 24.4 Å². The fourth-order valence-corrected chi connectivity index (χ4v) is 3.13. The third-order valence-electron chi connectivity index (χ3n) is 3.85. The van der Waals surface area contributed by atoms with Crippen molar-refractivity contribution in [2.24, 2.45) is 0 Å². The van der Waals surface area contributed by atoms with Crippen molar-refractivity contribution in [3.63, 3.8) is 0 Å².